The smallest absolute Gasteiger partial charge is 0.272 e. The minimum Gasteiger partial charge on any atom is -0.321 e. The predicted molar refractivity (Wildman–Crippen MR) is 98.3 cm³/mol. The van der Waals surface area contributed by atoms with Crippen LogP contribution in [-0.4, -0.2) is 16.3 Å². The molecular formula is C20H18N2O3. The Bertz CT molecular complexity index is 1050. The molecule has 0 aliphatic rings. The summed E-state index contributed by atoms with van der Waals surface area (Å²) >= 11 is 0. The Hall–Kier alpha value is -3.21. The molecule has 3 rings (SSSR count). The fourth-order valence-electron chi connectivity index (χ4n) is 2.88. The number of fused-ring (bicyclic) bond motifs is 1. The summed E-state index contributed by atoms with van der Waals surface area (Å²) in [5, 5.41) is 3.70. The number of rotatable bonds is 3. The third-order valence-electron chi connectivity index (χ3n) is 4.15. The maximum Gasteiger partial charge on any atom is 0.272 e. The second-order valence-electron chi connectivity index (χ2n) is 6.04. The van der Waals surface area contributed by atoms with E-state index in [4.69, 9.17) is 0 Å². The lowest BCUT2D eigenvalue weighted by atomic mass is 9.99. The highest BCUT2D eigenvalue weighted by molar-refractivity contribution is 6.10. The first-order valence-corrected chi connectivity index (χ1v) is 7.90. The molecule has 3 aromatic rings. The molecule has 2 aromatic carbocycles. The van der Waals surface area contributed by atoms with Gasteiger partial charge in [0.05, 0.1) is 0 Å². The van der Waals surface area contributed by atoms with E-state index in [1.165, 1.54) is 11.5 Å². The number of aromatic nitrogens is 1. The average molecular weight is 334 g/mol. The van der Waals surface area contributed by atoms with Crippen LogP contribution in [0.5, 0.6) is 0 Å². The Kier molecular flexibility index (Phi) is 4.23. The van der Waals surface area contributed by atoms with Gasteiger partial charge < -0.3 is 9.88 Å². The van der Waals surface area contributed by atoms with Crippen molar-refractivity contribution in [3.63, 3.8) is 0 Å². The molecule has 0 saturated heterocycles. The van der Waals surface area contributed by atoms with Crippen molar-refractivity contribution in [1.29, 1.82) is 0 Å². The summed E-state index contributed by atoms with van der Waals surface area (Å²) in [6, 6.07) is 14.1. The number of anilines is 1. The molecule has 0 aliphatic carbocycles. The van der Waals surface area contributed by atoms with Crippen molar-refractivity contribution < 1.29 is 9.59 Å². The summed E-state index contributed by atoms with van der Waals surface area (Å²) < 4.78 is 1.31. The first-order chi connectivity index (χ1) is 11.9. The predicted octanol–water partition coefficient (Wildman–Crippen LogP) is 3.30. The lowest BCUT2D eigenvalue weighted by molar-refractivity contribution is 0.100. The van der Waals surface area contributed by atoms with Crippen LogP contribution in [0, 0.1) is 6.92 Å². The number of pyridine rings is 1. The average Bonchev–Trinajstić information content (AvgIpc) is 2.58. The zero-order valence-corrected chi connectivity index (χ0v) is 14.3. The van der Waals surface area contributed by atoms with E-state index in [2.05, 4.69) is 5.32 Å². The molecular weight excluding hydrogens is 316 g/mol. The summed E-state index contributed by atoms with van der Waals surface area (Å²) in [4.78, 5) is 37.3. The molecule has 5 nitrogen and oxygen atoms in total. The van der Waals surface area contributed by atoms with Crippen LogP contribution >= 0.6 is 0 Å². The molecule has 0 unspecified atom stereocenters. The van der Waals surface area contributed by atoms with Gasteiger partial charge in [-0.1, -0.05) is 18.2 Å². The van der Waals surface area contributed by atoms with Gasteiger partial charge in [-0.2, -0.15) is 0 Å². The second-order valence-corrected chi connectivity index (χ2v) is 6.04. The van der Waals surface area contributed by atoms with Gasteiger partial charge in [-0.05, 0) is 49.7 Å². The Morgan fingerprint density at radius 1 is 1.00 bits per heavy atom. The number of nitrogens with one attached hydrogen (secondary N) is 1. The maximum absolute atomic E-state index is 12.7. The van der Waals surface area contributed by atoms with Crippen LogP contribution in [0.4, 0.5) is 5.69 Å². The molecule has 0 spiro atoms. The van der Waals surface area contributed by atoms with Crippen LogP contribution in [0.25, 0.3) is 10.8 Å². The molecule has 1 amide bonds. The molecule has 1 N–H and O–H groups in total. The largest absolute Gasteiger partial charge is 0.321 e. The molecule has 0 radical (unpaired) electrons. The minimum absolute atomic E-state index is 0.142. The number of ketones is 1. The number of amides is 1. The van der Waals surface area contributed by atoms with Gasteiger partial charge in [0.25, 0.3) is 11.5 Å². The van der Waals surface area contributed by atoms with E-state index in [1.807, 2.05) is 25.1 Å². The normalized spacial score (nSPS) is 10.7. The van der Waals surface area contributed by atoms with Gasteiger partial charge in [-0.25, -0.2) is 0 Å². The number of hydrogen-bond acceptors (Lipinski definition) is 3. The van der Waals surface area contributed by atoms with E-state index in [1.54, 1.807) is 37.4 Å². The van der Waals surface area contributed by atoms with Crippen molar-refractivity contribution in [3.05, 3.63) is 75.7 Å². The van der Waals surface area contributed by atoms with Gasteiger partial charge in [0.2, 0.25) is 0 Å². The van der Waals surface area contributed by atoms with Gasteiger partial charge >= 0.3 is 0 Å². The minimum atomic E-state index is -0.400. The molecule has 0 atom stereocenters. The summed E-state index contributed by atoms with van der Waals surface area (Å²) in [7, 11) is 1.55. The molecule has 25 heavy (non-hydrogen) atoms. The van der Waals surface area contributed by atoms with E-state index in [0.717, 1.165) is 5.56 Å². The number of hydrogen-bond donors (Lipinski definition) is 1. The quantitative estimate of drug-likeness (QED) is 0.747. The van der Waals surface area contributed by atoms with Crippen molar-refractivity contribution in [3.8, 4) is 0 Å². The lowest BCUT2D eigenvalue weighted by Crippen LogP contribution is -2.27. The third-order valence-corrected chi connectivity index (χ3v) is 4.15. The molecule has 1 heterocycles. The zero-order valence-electron chi connectivity index (χ0n) is 14.3. The molecule has 1 aromatic heterocycles. The van der Waals surface area contributed by atoms with Gasteiger partial charge in [0.1, 0.15) is 5.69 Å². The van der Waals surface area contributed by atoms with Crippen LogP contribution < -0.4 is 10.9 Å². The van der Waals surface area contributed by atoms with Crippen LogP contribution in [0.1, 0.15) is 33.3 Å². The molecule has 0 aliphatic heterocycles. The third kappa shape index (κ3) is 3.08. The van der Waals surface area contributed by atoms with Crippen LogP contribution in [-0.2, 0) is 7.05 Å². The van der Waals surface area contributed by atoms with Crippen LogP contribution in [0.2, 0.25) is 0 Å². The Morgan fingerprint density at radius 2 is 1.68 bits per heavy atom. The van der Waals surface area contributed by atoms with Crippen molar-refractivity contribution in [2.45, 2.75) is 13.8 Å². The first kappa shape index (κ1) is 16.6. The van der Waals surface area contributed by atoms with Gasteiger partial charge in [0.15, 0.2) is 5.78 Å². The Balaban J connectivity index is 2.19. The van der Waals surface area contributed by atoms with E-state index >= 15 is 0 Å². The second kappa shape index (κ2) is 6.36. The highest BCUT2D eigenvalue weighted by Crippen LogP contribution is 2.21. The van der Waals surface area contributed by atoms with Crippen molar-refractivity contribution in [2.24, 2.45) is 7.05 Å². The fraction of sp³-hybridized carbons (Fsp3) is 0.150. The van der Waals surface area contributed by atoms with Gasteiger partial charge in [0, 0.05) is 29.1 Å². The summed E-state index contributed by atoms with van der Waals surface area (Å²) in [6.45, 7) is 3.29. The molecule has 5 heteroatoms. The molecule has 0 bridgehead atoms. The number of nitrogens with zero attached hydrogens (tertiary/aromatic N) is 1. The van der Waals surface area contributed by atoms with Crippen molar-refractivity contribution in [1.82, 2.24) is 4.57 Å². The van der Waals surface area contributed by atoms with E-state index in [0.29, 0.717) is 22.0 Å². The standard InChI is InChI=1S/C20H18N2O3/c1-12-9-15(13(2)23)16-11-18(22(3)20(25)17(16)10-12)19(24)21-14-7-5-4-6-8-14/h4-11H,1-3H3,(H,21,24). The number of para-hydroxylation sites is 1. The fourth-order valence-corrected chi connectivity index (χ4v) is 2.88. The number of benzene rings is 2. The monoisotopic (exact) mass is 334 g/mol. The topological polar surface area (TPSA) is 68.2 Å². The number of carbonyl (C=O) groups is 2. The van der Waals surface area contributed by atoms with E-state index in [9.17, 15) is 14.4 Å². The molecule has 0 saturated carbocycles. The maximum atomic E-state index is 12.7. The highest BCUT2D eigenvalue weighted by Gasteiger charge is 2.17. The SMILES string of the molecule is CC(=O)c1cc(C)cc2c(=O)n(C)c(C(=O)Nc3ccccc3)cc12. The lowest BCUT2D eigenvalue weighted by Gasteiger charge is -2.13. The number of aryl methyl sites for hydroxylation is 1. The number of carbonyl (C=O) groups excluding carboxylic acids is 2. The van der Waals surface area contributed by atoms with E-state index in [-0.39, 0.29) is 17.0 Å². The summed E-state index contributed by atoms with van der Waals surface area (Å²) in [5.74, 6) is -0.542. The van der Waals surface area contributed by atoms with Crippen molar-refractivity contribution in [2.75, 3.05) is 5.32 Å². The molecule has 0 fully saturated rings. The van der Waals surface area contributed by atoms with Crippen LogP contribution in [0.3, 0.4) is 0 Å². The van der Waals surface area contributed by atoms with Crippen molar-refractivity contribution >= 4 is 28.2 Å². The van der Waals surface area contributed by atoms with Crippen LogP contribution in [0.15, 0.2) is 53.3 Å². The Morgan fingerprint density at radius 3 is 2.32 bits per heavy atom. The summed E-state index contributed by atoms with van der Waals surface area (Å²) in [5.41, 5.74) is 1.81. The van der Waals surface area contributed by atoms with Gasteiger partial charge in [-0.3, -0.25) is 14.4 Å². The molecule has 126 valence electrons. The highest BCUT2D eigenvalue weighted by atomic mass is 16.2. The zero-order chi connectivity index (χ0) is 18.1. The first-order valence-electron chi connectivity index (χ1n) is 7.90. The van der Waals surface area contributed by atoms with Gasteiger partial charge in [-0.15, -0.1) is 0 Å². The Labute approximate surface area is 144 Å². The van der Waals surface area contributed by atoms with E-state index < -0.39 is 5.91 Å². The number of Topliss-reactive ketones (excluding diaryl/α,β-unsaturated/α-hetero) is 1. The summed E-state index contributed by atoms with van der Waals surface area (Å²) in [6.07, 6.45) is 0.